The van der Waals surface area contributed by atoms with Crippen molar-refractivity contribution in [3.63, 3.8) is 0 Å². The summed E-state index contributed by atoms with van der Waals surface area (Å²) in [5, 5.41) is 0. The second-order valence-corrected chi connectivity index (χ2v) is 3.19. The molecule has 70 valence electrons. The van der Waals surface area contributed by atoms with Gasteiger partial charge in [-0.25, -0.2) is 0 Å². The minimum atomic E-state index is 0.342. The van der Waals surface area contributed by atoms with Crippen LogP contribution in [-0.4, -0.2) is 31.7 Å². The van der Waals surface area contributed by atoms with E-state index in [1.165, 1.54) is 6.42 Å². The molecule has 2 nitrogen and oxygen atoms in total. The van der Waals surface area contributed by atoms with Gasteiger partial charge in [0.05, 0.1) is 19.3 Å². The summed E-state index contributed by atoms with van der Waals surface area (Å²) in [6.07, 6.45) is 6.64. The molecule has 0 saturated carbocycles. The fraction of sp³-hybridized carbons (Fsp3) is 0.778. The van der Waals surface area contributed by atoms with Crippen molar-refractivity contribution in [1.29, 1.82) is 0 Å². The van der Waals surface area contributed by atoms with Crippen molar-refractivity contribution in [2.75, 3.05) is 25.6 Å². The zero-order valence-electron chi connectivity index (χ0n) is 7.24. The minimum absolute atomic E-state index is 0.342. The highest BCUT2D eigenvalue weighted by molar-refractivity contribution is 7.80. The molecule has 0 amide bonds. The topological polar surface area (TPSA) is 18.5 Å². The van der Waals surface area contributed by atoms with E-state index in [9.17, 15) is 0 Å². The first-order valence-corrected chi connectivity index (χ1v) is 5.02. The van der Waals surface area contributed by atoms with E-state index in [1.54, 1.807) is 0 Å². The van der Waals surface area contributed by atoms with Crippen LogP contribution < -0.4 is 0 Å². The maximum absolute atomic E-state index is 5.40. The first-order valence-electron chi connectivity index (χ1n) is 4.38. The Morgan fingerprint density at radius 1 is 1.50 bits per heavy atom. The smallest absolute Gasteiger partial charge is 0.0809 e. The van der Waals surface area contributed by atoms with Crippen molar-refractivity contribution in [3.05, 3.63) is 12.2 Å². The summed E-state index contributed by atoms with van der Waals surface area (Å²) >= 11 is 4.04. The Kier molecular flexibility index (Phi) is 5.48. The SMILES string of the molecule is SCC=CCOCC1CCCO1. The summed E-state index contributed by atoms with van der Waals surface area (Å²) in [5.41, 5.74) is 0. The van der Waals surface area contributed by atoms with Gasteiger partial charge >= 0.3 is 0 Å². The molecular formula is C9H16O2S. The van der Waals surface area contributed by atoms with Crippen LogP contribution in [0, 0.1) is 0 Å². The van der Waals surface area contributed by atoms with Crippen LogP contribution in [0.4, 0.5) is 0 Å². The van der Waals surface area contributed by atoms with Crippen LogP contribution in [0.15, 0.2) is 12.2 Å². The van der Waals surface area contributed by atoms with Crippen LogP contribution in [0.2, 0.25) is 0 Å². The molecule has 1 aliphatic rings. The summed E-state index contributed by atoms with van der Waals surface area (Å²) in [6.45, 7) is 2.32. The predicted octanol–water partition coefficient (Wildman–Crippen LogP) is 1.67. The van der Waals surface area contributed by atoms with Crippen LogP contribution in [0.25, 0.3) is 0 Å². The van der Waals surface area contributed by atoms with Crippen molar-refractivity contribution in [1.82, 2.24) is 0 Å². The molecule has 1 heterocycles. The molecule has 0 aromatic carbocycles. The van der Waals surface area contributed by atoms with Crippen molar-refractivity contribution < 1.29 is 9.47 Å². The molecule has 0 aliphatic carbocycles. The van der Waals surface area contributed by atoms with E-state index in [2.05, 4.69) is 12.6 Å². The van der Waals surface area contributed by atoms with E-state index in [-0.39, 0.29) is 0 Å². The van der Waals surface area contributed by atoms with Crippen LogP contribution in [-0.2, 0) is 9.47 Å². The van der Waals surface area contributed by atoms with E-state index >= 15 is 0 Å². The van der Waals surface area contributed by atoms with Gasteiger partial charge in [-0.3, -0.25) is 0 Å². The summed E-state index contributed by atoms with van der Waals surface area (Å²) in [6, 6.07) is 0. The van der Waals surface area contributed by atoms with Gasteiger partial charge in [-0.1, -0.05) is 12.2 Å². The van der Waals surface area contributed by atoms with E-state index in [0.717, 1.165) is 25.4 Å². The largest absolute Gasteiger partial charge is 0.376 e. The number of thiol groups is 1. The molecule has 1 fully saturated rings. The Balaban J connectivity index is 1.91. The van der Waals surface area contributed by atoms with Gasteiger partial charge < -0.3 is 9.47 Å². The number of hydrogen-bond donors (Lipinski definition) is 1. The van der Waals surface area contributed by atoms with Crippen LogP contribution in [0.3, 0.4) is 0 Å². The molecular weight excluding hydrogens is 172 g/mol. The molecule has 1 rings (SSSR count). The fourth-order valence-electron chi connectivity index (χ4n) is 1.19. The molecule has 12 heavy (non-hydrogen) atoms. The first kappa shape index (κ1) is 10.1. The average molecular weight is 188 g/mol. The molecule has 0 N–H and O–H groups in total. The third-order valence-electron chi connectivity index (χ3n) is 1.81. The molecule has 1 atom stereocenters. The average Bonchev–Trinajstić information content (AvgIpc) is 2.57. The Morgan fingerprint density at radius 3 is 3.08 bits per heavy atom. The molecule has 0 radical (unpaired) electrons. The van der Waals surface area contributed by atoms with Gasteiger partial charge in [0.2, 0.25) is 0 Å². The summed E-state index contributed by atoms with van der Waals surface area (Å²) in [5.74, 6) is 0.781. The van der Waals surface area contributed by atoms with Crippen molar-refractivity contribution in [2.24, 2.45) is 0 Å². The minimum Gasteiger partial charge on any atom is -0.376 e. The molecule has 0 aromatic heterocycles. The van der Waals surface area contributed by atoms with Crippen LogP contribution in [0.5, 0.6) is 0 Å². The highest BCUT2D eigenvalue weighted by atomic mass is 32.1. The summed E-state index contributed by atoms with van der Waals surface area (Å²) in [4.78, 5) is 0. The standard InChI is InChI=1S/C9H16O2S/c12-7-2-1-5-10-8-9-4-3-6-11-9/h1-2,9,12H,3-8H2. The molecule has 1 aliphatic heterocycles. The molecule has 0 aromatic rings. The Hall–Kier alpha value is 0.01000. The molecule has 0 bridgehead atoms. The number of rotatable bonds is 5. The van der Waals surface area contributed by atoms with Gasteiger partial charge in [0, 0.05) is 12.4 Å². The Labute approximate surface area is 79.3 Å². The monoisotopic (exact) mass is 188 g/mol. The van der Waals surface area contributed by atoms with Gasteiger partial charge in [0.15, 0.2) is 0 Å². The Bertz CT molecular complexity index is 130. The first-order chi connectivity index (χ1) is 5.93. The second-order valence-electron chi connectivity index (χ2n) is 2.83. The van der Waals surface area contributed by atoms with E-state index < -0.39 is 0 Å². The second kappa shape index (κ2) is 6.52. The summed E-state index contributed by atoms with van der Waals surface area (Å²) in [7, 11) is 0. The van der Waals surface area contributed by atoms with Crippen molar-refractivity contribution >= 4 is 12.6 Å². The lowest BCUT2D eigenvalue weighted by molar-refractivity contribution is 0.0267. The fourth-order valence-corrected chi connectivity index (χ4v) is 1.33. The van der Waals surface area contributed by atoms with Crippen LogP contribution in [0.1, 0.15) is 12.8 Å². The highest BCUT2D eigenvalue weighted by Crippen LogP contribution is 2.11. The van der Waals surface area contributed by atoms with Gasteiger partial charge in [0.1, 0.15) is 0 Å². The number of hydrogen-bond acceptors (Lipinski definition) is 3. The Morgan fingerprint density at radius 2 is 2.42 bits per heavy atom. The molecule has 3 heteroatoms. The molecule has 0 spiro atoms. The quantitative estimate of drug-likeness (QED) is 0.402. The molecule has 1 unspecified atom stereocenters. The third-order valence-corrected chi connectivity index (χ3v) is 2.02. The number of ether oxygens (including phenoxy) is 2. The zero-order valence-corrected chi connectivity index (χ0v) is 8.13. The normalized spacial score (nSPS) is 23.9. The van der Waals surface area contributed by atoms with Gasteiger partial charge in [-0.05, 0) is 12.8 Å². The van der Waals surface area contributed by atoms with E-state index in [4.69, 9.17) is 9.47 Å². The van der Waals surface area contributed by atoms with Crippen LogP contribution >= 0.6 is 12.6 Å². The van der Waals surface area contributed by atoms with Gasteiger partial charge in [0.25, 0.3) is 0 Å². The van der Waals surface area contributed by atoms with Gasteiger partial charge in [-0.15, -0.1) is 0 Å². The zero-order chi connectivity index (χ0) is 8.65. The lowest BCUT2D eigenvalue weighted by Gasteiger charge is -2.07. The highest BCUT2D eigenvalue weighted by Gasteiger charge is 2.14. The van der Waals surface area contributed by atoms with E-state index in [1.807, 2.05) is 12.2 Å². The maximum atomic E-state index is 5.40. The van der Waals surface area contributed by atoms with Gasteiger partial charge in [-0.2, -0.15) is 12.6 Å². The lowest BCUT2D eigenvalue weighted by atomic mass is 10.2. The molecule has 1 saturated heterocycles. The lowest BCUT2D eigenvalue weighted by Crippen LogP contribution is -2.13. The van der Waals surface area contributed by atoms with Crippen molar-refractivity contribution in [3.8, 4) is 0 Å². The predicted molar refractivity (Wildman–Crippen MR) is 52.8 cm³/mol. The summed E-state index contributed by atoms with van der Waals surface area (Å²) < 4.78 is 10.8. The maximum Gasteiger partial charge on any atom is 0.0809 e. The van der Waals surface area contributed by atoms with E-state index in [0.29, 0.717) is 12.7 Å². The van der Waals surface area contributed by atoms with Crippen molar-refractivity contribution in [2.45, 2.75) is 18.9 Å². The third kappa shape index (κ3) is 4.14.